The van der Waals surface area contributed by atoms with Gasteiger partial charge in [0, 0.05) is 40.0 Å². The predicted octanol–water partition coefficient (Wildman–Crippen LogP) is 5.84. The molecule has 0 fully saturated rings. The molecule has 41 heavy (non-hydrogen) atoms. The van der Waals surface area contributed by atoms with E-state index in [9.17, 15) is 14.4 Å². The molecule has 9 heteroatoms. The molecule has 4 aromatic rings. The van der Waals surface area contributed by atoms with Crippen molar-refractivity contribution >= 4 is 46.9 Å². The summed E-state index contributed by atoms with van der Waals surface area (Å²) in [4.78, 5) is 39.3. The van der Waals surface area contributed by atoms with Crippen molar-refractivity contribution in [1.82, 2.24) is 5.32 Å². The van der Waals surface area contributed by atoms with Gasteiger partial charge in [-0.25, -0.2) is 0 Å². The number of rotatable bonds is 11. The van der Waals surface area contributed by atoms with Gasteiger partial charge in [0.1, 0.15) is 17.2 Å². The van der Waals surface area contributed by atoms with E-state index in [-0.39, 0.29) is 23.3 Å². The molecule has 0 spiro atoms. The Morgan fingerprint density at radius 2 is 1.34 bits per heavy atom. The number of anilines is 2. The van der Waals surface area contributed by atoms with Gasteiger partial charge in [-0.3, -0.25) is 14.4 Å². The molecule has 4 aromatic carbocycles. The largest absolute Gasteiger partial charge is 0.497 e. The highest BCUT2D eigenvalue weighted by Gasteiger charge is 2.15. The zero-order valence-corrected chi connectivity index (χ0v) is 23.4. The first-order valence-electron chi connectivity index (χ1n) is 12.6. The number of benzene rings is 4. The molecule has 0 heterocycles. The van der Waals surface area contributed by atoms with Crippen molar-refractivity contribution < 1.29 is 23.9 Å². The lowest BCUT2D eigenvalue weighted by Crippen LogP contribution is -2.30. The number of ether oxygens (including phenoxy) is 2. The van der Waals surface area contributed by atoms with Crippen LogP contribution in [-0.2, 0) is 9.59 Å². The van der Waals surface area contributed by atoms with Gasteiger partial charge in [-0.05, 0) is 48.0 Å². The summed E-state index contributed by atoms with van der Waals surface area (Å²) >= 11 is 1.35. The normalized spacial score (nSPS) is 10.8. The number of hydrogen-bond acceptors (Lipinski definition) is 6. The van der Waals surface area contributed by atoms with Crippen molar-refractivity contribution in [2.24, 2.45) is 0 Å². The van der Waals surface area contributed by atoms with Crippen LogP contribution in [-0.4, -0.2) is 37.7 Å². The molecule has 0 saturated carbocycles. The fraction of sp³-hybridized carbons (Fsp3) is 0.0938. The highest BCUT2D eigenvalue weighted by molar-refractivity contribution is 8.00. The second-order valence-corrected chi connectivity index (χ2v) is 9.75. The maximum Gasteiger partial charge on any atom is 0.272 e. The standard InChI is InChI=1S/C32H29N3O5S/c1-39-26-18-25(19-27(20-26)40-2)33-30(36)21-41-28-15-13-24(14-16-28)34-32(38)29(17-22-9-5-3-6-10-22)35-31(37)23-11-7-4-8-12-23/h3-20H,21H2,1-2H3,(H,33,36)(H,34,38)(H,35,37)/b29-17-. The van der Waals surface area contributed by atoms with Crippen LogP contribution < -0.4 is 25.4 Å². The first-order chi connectivity index (χ1) is 19.9. The van der Waals surface area contributed by atoms with Crippen LogP contribution in [0.4, 0.5) is 11.4 Å². The van der Waals surface area contributed by atoms with Gasteiger partial charge in [-0.2, -0.15) is 0 Å². The topological polar surface area (TPSA) is 106 Å². The third-order valence-corrected chi connectivity index (χ3v) is 6.77. The Kier molecular flexibility index (Phi) is 10.2. The minimum Gasteiger partial charge on any atom is -0.497 e. The van der Waals surface area contributed by atoms with E-state index in [4.69, 9.17) is 9.47 Å². The smallest absolute Gasteiger partial charge is 0.272 e. The second-order valence-electron chi connectivity index (χ2n) is 8.71. The molecule has 8 nitrogen and oxygen atoms in total. The number of carbonyl (C=O) groups excluding carboxylic acids is 3. The molecule has 3 amide bonds. The number of amides is 3. The monoisotopic (exact) mass is 567 g/mol. The number of thioether (sulfide) groups is 1. The highest BCUT2D eigenvalue weighted by atomic mass is 32.2. The van der Waals surface area contributed by atoms with Crippen LogP contribution in [0.5, 0.6) is 11.5 Å². The van der Waals surface area contributed by atoms with E-state index in [1.165, 1.54) is 11.8 Å². The average molecular weight is 568 g/mol. The Bertz CT molecular complexity index is 1500. The second kappa shape index (κ2) is 14.4. The zero-order chi connectivity index (χ0) is 29.0. The molecule has 0 unspecified atom stereocenters. The summed E-state index contributed by atoms with van der Waals surface area (Å²) in [5.74, 6) is 0.290. The van der Waals surface area contributed by atoms with Crippen LogP contribution in [0.1, 0.15) is 15.9 Å². The van der Waals surface area contributed by atoms with Crippen molar-refractivity contribution in [3.8, 4) is 11.5 Å². The summed E-state index contributed by atoms with van der Waals surface area (Å²) in [6.45, 7) is 0. The van der Waals surface area contributed by atoms with Crippen molar-refractivity contribution in [2.75, 3.05) is 30.6 Å². The summed E-state index contributed by atoms with van der Waals surface area (Å²) in [7, 11) is 3.09. The molecule has 0 aromatic heterocycles. The maximum absolute atomic E-state index is 13.2. The van der Waals surface area contributed by atoms with Crippen molar-refractivity contribution in [3.63, 3.8) is 0 Å². The number of carbonyl (C=O) groups is 3. The van der Waals surface area contributed by atoms with E-state index < -0.39 is 5.91 Å². The van der Waals surface area contributed by atoms with Crippen molar-refractivity contribution in [2.45, 2.75) is 4.90 Å². The quantitative estimate of drug-likeness (QED) is 0.155. The lowest BCUT2D eigenvalue weighted by atomic mass is 10.1. The summed E-state index contributed by atoms with van der Waals surface area (Å²) in [5.41, 5.74) is 2.43. The van der Waals surface area contributed by atoms with E-state index in [2.05, 4.69) is 16.0 Å². The van der Waals surface area contributed by atoms with Crippen molar-refractivity contribution in [1.29, 1.82) is 0 Å². The van der Waals surface area contributed by atoms with E-state index >= 15 is 0 Å². The molecule has 0 bridgehead atoms. The minimum atomic E-state index is -0.466. The summed E-state index contributed by atoms with van der Waals surface area (Å²) in [5, 5.41) is 8.40. The van der Waals surface area contributed by atoms with Gasteiger partial charge in [0.2, 0.25) is 5.91 Å². The molecule has 0 atom stereocenters. The Labute approximate surface area is 242 Å². The lowest BCUT2D eigenvalue weighted by molar-refractivity contribution is -0.114. The summed E-state index contributed by atoms with van der Waals surface area (Å²) in [6.07, 6.45) is 1.62. The molecular weight excluding hydrogens is 538 g/mol. The molecule has 0 radical (unpaired) electrons. The molecule has 3 N–H and O–H groups in total. The number of hydrogen-bond donors (Lipinski definition) is 3. The Balaban J connectivity index is 1.37. The Morgan fingerprint density at radius 1 is 0.732 bits per heavy atom. The van der Waals surface area contributed by atoms with Crippen LogP contribution in [0.25, 0.3) is 6.08 Å². The lowest BCUT2D eigenvalue weighted by Gasteiger charge is -2.12. The molecule has 0 aliphatic rings. The minimum absolute atomic E-state index is 0.106. The summed E-state index contributed by atoms with van der Waals surface area (Å²) in [6, 6.07) is 30.2. The van der Waals surface area contributed by atoms with Crippen molar-refractivity contribution in [3.05, 3.63) is 120 Å². The number of nitrogens with one attached hydrogen (secondary N) is 3. The fourth-order valence-electron chi connectivity index (χ4n) is 3.72. The van der Waals surface area contributed by atoms with Crippen LogP contribution in [0.15, 0.2) is 114 Å². The fourth-order valence-corrected chi connectivity index (χ4v) is 4.42. The molecule has 0 aliphatic heterocycles. The Hall–Kier alpha value is -5.02. The number of methoxy groups -OCH3 is 2. The first kappa shape index (κ1) is 29.0. The van der Waals surface area contributed by atoms with E-state index in [1.807, 2.05) is 48.5 Å². The van der Waals surface area contributed by atoms with E-state index in [1.54, 1.807) is 74.9 Å². The zero-order valence-electron chi connectivity index (χ0n) is 22.5. The summed E-state index contributed by atoms with van der Waals surface area (Å²) < 4.78 is 10.5. The molecular formula is C32H29N3O5S. The third-order valence-electron chi connectivity index (χ3n) is 5.76. The van der Waals surface area contributed by atoms with Crippen LogP contribution in [0, 0.1) is 0 Å². The average Bonchev–Trinajstić information content (AvgIpc) is 3.01. The van der Waals surface area contributed by atoms with Gasteiger partial charge in [-0.1, -0.05) is 48.5 Å². The molecule has 0 saturated heterocycles. The van der Waals surface area contributed by atoms with Gasteiger partial charge in [0.25, 0.3) is 11.8 Å². The predicted molar refractivity (Wildman–Crippen MR) is 162 cm³/mol. The van der Waals surface area contributed by atoms with Gasteiger partial charge in [-0.15, -0.1) is 11.8 Å². The van der Waals surface area contributed by atoms with Crippen LogP contribution >= 0.6 is 11.8 Å². The van der Waals surface area contributed by atoms with Gasteiger partial charge in [0.05, 0.1) is 20.0 Å². The van der Waals surface area contributed by atoms with Gasteiger partial charge in [0.15, 0.2) is 0 Å². The Morgan fingerprint density at radius 3 is 1.95 bits per heavy atom. The van der Waals surface area contributed by atoms with Gasteiger partial charge >= 0.3 is 0 Å². The van der Waals surface area contributed by atoms with Gasteiger partial charge < -0.3 is 25.4 Å². The SMILES string of the molecule is COc1cc(NC(=O)CSc2ccc(NC(=O)/C(=C/c3ccccc3)NC(=O)c3ccccc3)cc2)cc(OC)c1. The maximum atomic E-state index is 13.2. The molecule has 208 valence electrons. The van der Waals surface area contributed by atoms with E-state index in [0.29, 0.717) is 28.4 Å². The highest BCUT2D eigenvalue weighted by Crippen LogP contribution is 2.26. The molecule has 4 rings (SSSR count). The third kappa shape index (κ3) is 8.74. The first-order valence-corrected chi connectivity index (χ1v) is 13.6. The van der Waals surface area contributed by atoms with Crippen LogP contribution in [0.3, 0.4) is 0 Å². The molecule has 0 aliphatic carbocycles. The van der Waals surface area contributed by atoms with E-state index in [0.717, 1.165) is 10.5 Å². The van der Waals surface area contributed by atoms with Crippen LogP contribution in [0.2, 0.25) is 0 Å².